The van der Waals surface area contributed by atoms with E-state index in [9.17, 15) is 26.3 Å². The zero-order valence-electron chi connectivity index (χ0n) is 6.08. The molecule has 0 aliphatic carbocycles. The second kappa shape index (κ2) is 4.27. The van der Waals surface area contributed by atoms with E-state index >= 15 is 0 Å². The summed E-state index contributed by atoms with van der Waals surface area (Å²) in [5, 5.41) is 8.12. The van der Waals surface area contributed by atoms with Gasteiger partial charge >= 0.3 is 12.4 Å². The van der Waals surface area contributed by atoms with E-state index in [0.717, 1.165) is 0 Å². The second-order valence-corrected chi connectivity index (χ2v) is 1.97. The van der Waals surface area contributed by atoms with Crippen molar-refractivity contribution in [3.05, 3.63) is 12.7 Å². The summed E-state index contributed by atoms with van der Waals surface area (Å²) >= 11 is 0. The van der Waals surface area contributed by atoms with Crippen molar-refractivity contribution in [3.63, 3.8) is 0 Å². The summed E-state index contributed by atoms with van der Waals surface area (Å²) in [4.78, 5) is 0. The van der Waals surface area contributed by atoms with Crippen LogP contribution < -0.4 is 0 Å². The molecule has 0 atom stereocenters. The van der Waals surface area contributed by atoms with Crippen LogP contribution in [0, 0.1) is 0 Å². The molecule has 0 spiro atoms. The summed E-state index contributed by atoms with van der Waals surface area (Å²) in [5.41, 5.74) is -4.82. The Morgan fingerprint density at radius 1 is 0.923 bits per heavy atom. The van der Waals surface area contributed by atoms with Gasteiger partial charge in [0.1, 0.15) is 0 Å². The number of alkyl halides is 6. The summed E-state index contributed by atoms with van der Waals surface area (Å²) < 4.78 is 69.4. The average molecular weight is 283 g/mol. The molecule has 0 aromatic heterocycles. The molecular weight excluding hydrogens is 279 g/mol. The average Bonchev–Trinajstić information content (AvgIpc) is 1.81. The minimum atomic E-state index is -5.80. The first-order chi connectivity index (χ1) is 5.06. The molecule has 13 heavy (non-hydrogen) atoms. The van der Waals surface area contributed by atoms with E-state index in [1.165, 1.54) is 0 Å². The number of halogens is 6. The Bertz CT molecular complexity index is 168. The quantitative estimate of drug-likeness (QED) is 0.576. The van der Waals surface area contributed by atoms with Gasteiger partial charge in [-0.3, -0.25) is 0 Å². The Hall–Kier alpha value is 0.384. The number of aliphatic hydroxyl groups is 1. The van der Waals surface area contributed by atoms with Gasteiger partial charge in [0.15, 0.2) is 0 Å². The molecule has 1 N–H and O–H groups in total. The van der Waals surface area contributed by atoms with E-state index in [2.05, 4.69) is 6.58 Å². The van der Waals surface area contributed by atoms with Crippen LogP contribution in [0.5, 0.6) is 0 Å². The normalized spacial score (nSPS) is 13.5. The van der Waals surface area contributed by atoms with Gasteiger partial charge in [0.2, 0.25) is 0 Å². The molecule has 0 aliphatic heterocycles. The van der Waals surface area contributed by atoms with Gasteiger partial charge in [-0.2, -0.15) is 26.3 Å². The van der Waals surface area contributed by atoms with Crippen LogP contribution in [0.1, 0.15) is 0 Å². The van der Waals surface area contributed by atoms with Crippen molar-refractivity contribution < 1.29 is 64.2 Å². The van der Waals surface area contributed by atoms with Crippen molar-refractivity contribution in [1.29, 1.82) is 0 Å². The van der Waals surface area contributed by atoms with E-state index in [1.54, 1.807) is 0 Å². The zero-order valence-corrected chi connectivity index (χ0v) is 8.92. The predicted molar refractivity (Wildman–Crippen MR) is 27.3 cm³/mol. The van der Waals surface area contributed by atoms with Crippen LogP contribution >= 0.6 is 0 Å². The van der Waals surface area contributed by atoms with Gasteiger partial charge in [0, 0.05) is 32.7 Å². The van der Waals surface area contributed by atoms with Crippen molar-refractivity contribution in [3.8, 4) is 0 Å². The molecule has 0 unspecified atom stereocenters. The molecular formula is C5H4F6OY. The molecule has 0 heterocycles. The molecule has 0 fully saturated rings. The van der Waals surface area contributed by atoms with E-state index < -0.39 is 24.0 Å². The third-order valence-corrected chi connectivity index (χ3v) is 1.16. The largest absolute Gasteiger partial charge is 0.429 e. The minimum absolute atomic E-state index is 0. The first-order valence-corrected chi connectivity index (χ1v) is 2.55. The Balaban J connectivity index is 0. The van der Waals surface area contributed by atoms with Gasteiger partial charge in [-0.15, -0.1) is 0 Å². The fraction of sp³-hybridized carbons (Fsp3) is 0.600. The first-order valence-electron chi connectivity index (χ1n) is 2.55. The van der Waals surface area contributed by atoms with Gasteiger partial charge in [-0.05, 0) is 6.08 Å². The Labute approximate surface area is 94.7 Å². The minimum Gasteiger partial charge on any atom is -0.370 e. The molecule has 0 aromatic rings. The molecule has 0 aromatic carbocycles. The zero-order chi connectivity index (χ0) is 10.2. The smallest absolute Gasteiger partial charge is 0.370 e. The monoisotopic (exact) mass is 283 g/mol. The van der Waals surface area contributed by atoms with E-state index in [-0.39, 0.29) is 32.7 Å². The summed E-state index contributed by atoms with van der Waals surface area (Å²) in [7, 11) is 0. The molecule has 8 heteroatoms. The van der Waals surface area contributed by atoms with E-state index in [4.69, 9.17) is 5.11 Å². The third kappa shape index (κ3) is 2.92. The number of rotatable bonds is 1. The van der Waals surface area contributed by atoms with Gasteiger partial charge in [-0.1, -0.05) is 6.58 Å². The van der Waals surface area contributed by atoms with Crippen molar-refractivity contribution in [2.75, 3.05) is 0 Å². The van der Waals surface area contributed by atoms with Crippen LogP contribution in [0.2, 0.25) is 0 Å². The molecule has 0 aliphatic rings. The molecule has 0 saturated heterocycles. The second-order valence-electron chi connectivity index (χ2n) is 1.97. The maximum Gasteiger partial charge on any atom is 0.429 e. The Morgan fingerprint density at radius 3 is 1.15 bits per heavy atom. The third-order valence-electron chi connectivity index (χ3n) is 1.16. The van der Waals surface area contributed by atoms with Crippen LogP contribution in [0.3, 0.4) is 0 Å². The van der Waals surface area contributed by atoms with E-state index in [0.29, 0.717) is 0 Å². The summed E-state index contributed by atoms with van der Waals surface area (Å²) in [6.07, 6.45) is -12.2. The Kier molecular flexibility index (Phi) is 5.20. The first kappa shape index (κ1) is 15.8. The summed E-state index contributed by atoms with van der Waals surface area (Å²) in [6.45, 7) is 2.28. The number of hydrogen-bond acceptors (Lipinski definition) is 1. The van der Waals surface area contributed by atoms with Crippen molar-refractivity contribution >= 4 is 0 Å². The van der Waals surface area contributed by atoms with Crippen LogP contribution in [-0.4, -0.2) is 23.1 Å². The van der Waals surface area contributed by atoms with Crippen LogP contribution in [-0.2, 0) is 32.7 Å². The SMILES string of the molecule is C=CC(O)(C(F)(F)F)C(F)(F)F.[Y]. The molecule has 1 radical (unpaired) electrons. The van der Waals surface area contributed by atoms with Gasteiger partial charge < -0.3 is 5.11 Å². The van der Waals surface area contributed by atoms with Crippen LogP contribution in [0.25, 0.3) is 0 Å². The Morgan fingerprint density at radius 2 is 1.15 bits per heavy atom. The molecule has 1 nitrogen and oxygen atoms in total. The van der Waals surface area contributed by atoms with Gasteiger partial charge in [-0.25, -0.2) is 0 Å². The molecule has 0 bridgehead atoms. The topological polar surface area (TPSA) is 20.2 Å². The predicted octanol–water partition coefficient (Wildman–Crippen LogP) is 2.03. The maximum absolute atomic E-state index is 11.6. The van der Waals surface area contributed by atoms with E-state index in [1.807, 2.05) is 0 Å². The van der Waals surface area contributed by atoms with Crippen molar-refractivity contribution in [1.82, 2.24) is 0 Å². The molecule has 0 saturated carbocycles. The molecule has 75 valence electrons. The fourth-order valence-corrected chi connectivity index (χ4v) is 0.392. The van der Waals surface area contributed by atoms with Crippen molar-refractivity contribution in [2.45, 2.75) is 18.0 Å². The molecule has 0 amide bonds. The summed E-state index contributed by atoms with van der Waals surface area (Å²) in [5.74, 6) is 0. The standard InChI is InChI=1S/C5H4F6O.Y/c1-2-3(12,4(6,7)8)5(9,10)11;/h2,12H,1H2;. The van der Waals surface area contributed by atoms with Crippen LogP contribution in [0.4, 0.5) is 26.3 Å². The van der Waals surface area contributed by atoms with Gasteiger partial charge in [0.05, 0.1) is 0 Å². The molecule has 0 rings (SSSR count). The van der Waals surface area contributed by atoms with Crippen LogP contribution in [0.15, 0.2) is 12.7 Å². The van der Waals surface area contributed by atoms with Crippen molar-refractivity contribution in [2.24, 2.45) is 0 Å². The number of hydrogen-bond donors (Lipinski definition) is 1. The van der Waals surface area contributed by atoms with Gasteiger partial charge in [0.25, 0.3) is 5.60 Å². The fourth-order valence-electron chi connectivity index (χ4n) is 0.392. The maximum atomic E-state index is 11.6. The summed E-state index contributed by atoms with van der Waals surface area (Å²) in [6, 6.07) is 0.